The minimum atomic E-state index is -0.377. The van der Waals surface area contributed by atoms with Crippen molar-refractivity contribution in [3.05, 3.63) is 58.8 Å². The number of imidazole rings is 1. The van der Waals surface area contributed by atoms with Crippen LogP contribution in [0.1, 0.15) is 31.1 Å². The number of halogens is 1. The topological polar surface area (TPSA) is 84.1 Å². The van der Waals surface area contributed by atoms with E-state index < -0.39 is 0 Å². The van der Waals surface area contributed by atoms with Crippen LogP contribution in [0.2, 0.25) is 0 Å². The number of aromatic nitrogens is 5. The van der Waals surface area contributed by atoms with Crippen molar-refractivity contribution in [3.63, 3.8) is 0 Å². The van der Waals surface area contributed by atoms with Crippen LogP contribution in [0, 0.1) is 11.7 Å². The minimum Gasteiger partial charge on any atom is -0.477 e. The van der Waals surface area contributed by atoms with Crippen LogP contribution in [-0.2, 0) is 11.3 Å². The zero-order valence-electron chi connectivity index (χ0n) is 17.4. The molecule has 2 fully saturated rings. The third-order valence-electron chi connectivity index (χ3n) is 6.13. The van der Waals surface area contributed by atoms with Gasteiger partial charge < -0.3 is 9.47 Å². The highest BCUT2D eigenvalue weighted by atomic mass is 19.1. The van der Waals surface area contributed by atoms with E-state index in [1.54, 1.807) is 23.0 Å². The number of ether oxygens (including phenoxy) is 2. The van der Waals surface area contributed by atoms with E-state index in [0.29, 0.717) is 35.8 Å². The van der Waals surface area contributed by atoms with Crippen LogP contribution in [0.25, 0.3) is 21.9 Å². The molecule has 164 valence electrons. The highest BCUT2D eigenvalue weighted by Crippen LogP contribution is 2.36. The molecule has 2 aliphatic rings. The summed E-state index contributed by atoms with van der Waals surface area (Å²) in [6.45, 7) is 1.98. The lowest BCUT2D eigenvalue weighted by Gasteiger charge is -2.13. The van der Waals surface area contributed by atoms with Gasteiger partial charge >= 0.3 is 5.69 Å². The summed E-state index contributed by atoms with van der Waals surface area (Å²) in [5.74, 6) is 0.663. The van der Waals surface area contributed by atoms with E-state index in [2.05, 4.69) is 15.0 Å². The molecule has 32 heavy (non-hydrogen) atoms. The summed E-state index contributed by atoms with van der Waals surface area (Å²) in [6, 6.07) is 6.46. The number of pyridine rings is 1. The summed E-state index contributed by atoms with van der Waals surface area (Å²) in [5.41, 5.74) is 2.10. The Morgan fingerprint density at radius 3 is 2.88 bits per heavy atom. The zero-order valence-corrected chi connectivity index (χ0v) is 17.4. The summed E-state index contributed by atoms with van der Waals surface area (Å²) in [5, 5.41) is 0.516. The molecule has 0 radical (unpaired) electrons. The molecule has 8 nitrogen and oxygen atoms in total. The monoisotopic (exact) mass is 435 g/mol. The molecule has 1 unspecified atom stereocenters. The molecule has 0 amide bonds. The van der Waals surface area contributed by atoms with E-state index in [-0.39, 0.29) is 30.0 Å². The van der Waals surface area contributed by atoms with Crippen molar-refractivity contribution in [1.29, 1.82) is 0 Å². The molecule has 1 aliphatic carbocycles. The summed E-state index contributed by atoms with van der Waals surface area (Å²) in [4.78, 5) is 26.6. The lowest BCUT2D eigenvalue weighted by molar-refractivity contribution is 0.166. The Labute approximate surface area is 182 Å². The molecule has 0 spiro atoms. The smallest absolute Gasteiger partial charge is 0.329 e. The molecule has 6 rings (SSSR count). The van der Waals surface area contributed by atoms with Gasteiger partial charge in [-0.3, -0.25) is 14.1 Å². The second-order valence-corrected chi connectivity index (χ2v) is 8.48. The molecule has 3 aromatic heterocycles. The van der Waals surface area contributed by atoms with Gasteiger partial charge in [0.2, 0.25) is 5.88 Å². The number of rotatable bonds is 6. The van der Waals surface area contributed by atoms with Gasteiger partial charge in [-0.2, -0.15) is 4.98 Å². The largest absolute Gasteiger partial charge is 0.477 e. The lowest BCUT2D eigenvalue weighted by Crippen LogP contribution is -2.25. The van der Waals surface area contributed by atoms with Crippen molar-refractivity contribution in [3.8, 4) is 5.88 Å². The summed E-state index contributed by atoms with van der Waals surface area (Å²) in [6.07, 6.45) is 6.33. The number of hydrogen-bond donors (Lipinski definition) is 0. The fourth-order valence-electron chi connectivity index (χ4n) is 4.32. The van der Waals surface area contributed by atoms with Gasteiger partial charge in [-0.15, -0.1) is 0 Å². The van der Waals surface area contributed by atoms with Gasteiger partial charge in [0.05, 0.1) is 47.9 Å². The van der Waals surface area contributed by atoms with E-state index >= 15 is 0 Å². The fourth-order valence-corrected chi connectivity index (χ4v) is 4.32. The Bertz CT molecular complexity index is 1370. The average molecular weight is 435 g/mol. The van der Waals surface area contributed by atoms with Crippen molar-refractivity contribution >= 4 is 21.9 Å². The van der Waals surface area contributed by atoms with Gasteiger partial charge in [-0.25, -0.2) is 14.2 Å². The SMILES string of the molecule is O=c1n(Cc2nc(OCC3CCOC3)c3cc(F)ccc3n2)c2cnccc2n1C1CC1. The molecule has 1 saturated carbocycles. The van der Waals surface area contributed by atoms with Crippen LogP contribution in [0.3, 0.4) is 0 Å². The van der Waals surface area contributed by atoms with E-state index in [9.17, 15) is 9.18 Å². The van der Waals surface area contributed by atoms with Crippen molar-refractivity contribution in [2.75, 3.05) is 19.8 Å². The maximum absolute atomic E-state index is 13.9. The molecular formula is C23H22FN5O3. The maximum atomic E-state index is 13.9. The Kier molecular flexibility index (Phi) is 4.64. The van der Waals surface area contributed by atoms with Crippen LogP contribution in [0.15, 0.2) is 41.5 Å². The van der Waals surface area contributed by atoms with Crippen LogP contribution < -0.4 is 10.4 Å². The normalized spacial score (nSPS) is 18.6. The van der Waals surface area contributed by atoms with Crippen molar-refractivity contribution in [2.45, 2.75) is 31.8 Å². The van der Waals surface area contributed by atoms with Gasteiger partial charge in [-0.1, -0.05) is 0 Å². The Balaban J connectivity index is 1.41. The van der Waals surface area contributed by atoms with Gasteiger partial charge in [-0.05, 0) is 43.5 Å². The Morgan fingerprint density at radius 2 is 2.06 bits per heavy atom. The van der Waals surface area contributed by atoms with Gasteiger partial charge in [0.25, 0.3) is 0 Å². The predicted molar refractivity (Wildman–Crippen MR) is 115 cm³/mol. The molecule has 1 saturated heterocycles. The molecule has 1 aromatic carbocycles. The first-order chi connectivity index (χ1) is 15.7. The predicted octanol–water partition coefficient (Wildman–Crippen LogP) is 3.08. The van der Waals surface area contributed by atoms with Crippen molar-refractivity contribution in [1.82, 2.24) is 24.1 Å². The molecule has 0 bridgehead atoms. The van der Waals surface area contributed by atoms with Crippen molar-refractivity contribution < 1.29 is 13.9 Å². The number of hydrogen-bond acceptors (Lipinski definition) is 6. The van der Waals surface area contributed by atoms with Gasteiger partial charge in [0, 0.05) is 24.8 Å². The zero-order chi connectivity index (χ0) is 21.7. The molecule has 4 aromatic rings. The first-order valence-corrected chi connectivity index (χ1v) is 10.9. The highest BCUT2D eigenvalue weighted by Gasteiger charge is 2.29. The van der Waals surface area contributed by atoms with E-state index in [1.807, 2.05) is 10.6 Å². The average Bonchev–Trinajstić information content (AvgIpc) is 3.41. The molecule has 4 heterocycles. The summed E-state index contributed by atoms with van der Waals surface area (Å²) < 4.78 is 28.8. The Morgan fingerprint density at radius 1 is 1.16 bits per heavy atom. The molecule has 1 atom stereocenters. The third-order valence-corrected chi connectivity index (χ3v) is 6.13. The summed E-state index contributed by atoms with van der Waals surface area (Å²) >= 11 is 0. The van der Waals surface area contributed by atoms with Crippen molar-refractivity contribution in [2.24, 2.45) is 5.92 Å². The quantitative estimate of drug-likeness (QED) is 0.463. The van der Waals surface area contributed by atoms with Gasteiger partial charge in [0.1, 0.15) is 5.82 Å². The lowest BCUT2D eigenvalue weighted by atomic mass is 10.1. The first kappa shape index (κ1) is 19.4. The fraction of sp³-hybridized carbons (Fsp3) is 0.391. The van der Waals surface area contributed by atoms with Gasteiger partial charge in [0.15, 0.2) is 5.82 Å². The molecule has 9 heteroatoms. The van der Waals surface area contributed by atoms with Crippen LogP contribution in [0.5, 0.6) is 5.88 Å². The molecular weight excluding hydrogens is 413 g/mol. The molecule has 1 aliphatic heterocycles. The van der Waals surface area contributed by atoms with Crippen LogP contribution in [-0.4, -0.2) is 43.9 Å². The summed E-state index contributed by atoms with van der Waals surface area (Å²) in [7, 11) is 0. The van der Waals surface area contributed by atoms with Crippen LogP contribution >= 0.6 is 0 Å². The number of nitrogens with zero attached hydrogens (tertiary/aromatic N) is 5. The minimum absolute atomic E-state index is 0.0936. The first-order valence-electron chi connectivity index (χ1n) is 10.9. The maximum Gasteiger partial charge on any atom is 0.329 e. The van der Waals surface area contributed by atoms with E-state index in [0.717, 1.165) is 36.9 Å². The second kappa shape index (κ2) is 7.67. The second-order valence-electron chi connectivity index (χ2n) is 8.48. The van der Waals surface area contributed by atoms with E-state index in [1.165, 1.54) is 12.1 Å². The standard InChI is InChI=1S/C23H22FN5O3/c24-15-1-4-18-17(9-15)22(32-13-14-6-8-31-12-14)27-21(26-18)11-28-20-10-25-7-5-19(20)29(23(28)30)16-2-3-16/h1,4-5,7,9-10,14,16H,2-3,6,8,11-13H2. The van der Waals surface area contributed by atoms with E-state index in [4.69, 9.17) is 9.47 Å². The van der Waals surface area contributed by atoms with Crippen LogP contribution in [0.4, 0.5) is 4.39 Å². The molecule has 0 N–H and O–H groups in total. The third kappa shape index (κ3) is 3.42. The Hall–Kier alpha value is -3.33. The highest BCUT2D eigenvalue weighted by molar-refractivity contribution is 5.83. The number of fused-ring (bicyclic) bond motifs is 2. The number of benzene rings is 1.